The van der Waals surface area contributed by atoms with Crippen LogP contribution in [0.15, 0.2) is 59.7 Å². The number of hydrogen-bond acceptors (Lipinski definition) is 4. The average Bonchev–Trinajstić information content (AvgIpc) is 3.02. The van der Waals surface area contributed by atoms with Gasteiger partial charge in [-0.25, -0.2) is 14.0 Å². The Balaban J connectivity index is 1.76. The number of nitrogens with one attached hydrogen (secondary N) is 1. The molecule has 0 atom stereocenters. The van der Waals surface area contributed by atoms with Crippen LogP contribution in [0.25, 0.3) is 5.69 Å². The minimum Gasteiger partial charge on any atom is -0.361 e. The highest BCUT2D eigenvalue weighted by atomic mass is 19.4. The molecular weight excluding hydrogens is 391 g/mol. The summed E-state index contributed by atoms with van der Waals surface area (Å²) in [6.07, 6.45) is -3.16. The Bertz CT molecular complexity index is 1100. The lowest BCUT2D eigenvalue weighted by molar-refractivity contribution is -0.137. The number of nitrogens with zero attached hydrogens (tertiary/aromatic N) is 3. The molecule has 0 saturated carbocycles. The fourth-order valence-corrected chi connectivity index (χ4v) is 2.49. The minimum atomic E-state index is -4.43. The number of hydrogen-bond donors (Lipinski definition) is 2. The zero-order valence-corrected chi connectivity index (χ0v) is 14.7. The first kappa shape index (κ1) is 19.9. The van der Waals surface area contributed by atoms with Crippen molar-refractivity contribution in [2.75, 3.05) is 5.32 Å². The predicted octanol–water partition coefficient (Wildman–Crippen LogP) is 1.52. The van der Waals surface area contributed by atoms with Crippen molar-refractivity contribution in [3.05, 3.63) is 76.5 Å². The van der Waals surface area contributed by atoms with Crippen LogP contribution in [-0.2, 0) is 22.3 Å². The zero-order valence-electron chi connectivity index (χ0n) is 14.7. The fourth-order valence-electron chi connectivity index (χ4n) is 2.49. The molecule has 11 heteroatoms. The average molecular weight is 405 g/mol. The number of aromatic nitrogens is 3. The third kappa shape index (κ3) is 4.51. The molecule has 2 amide bonds. The second kappa shape index (κ2) is 7.62. The Kier molecular flexibility index (Phi) is 5.22. The molecule has 0 spiro atoms. The largest absolute Gasteiger partial charge is 0.416 e. The predicted molar refractivity (Wildman–Crippen MR) is 96.2 cm³/mol. The van der Waals surface area contributed by atoms with Gasteiger partial charge in [0.15, 0.2) is 0 Å². The molecule has 3 aromatic rings. The van der Waals surface area contributed by atoms with E-state index < -0.39 is 29.2 Å². The molecule has 0 fully saturated rings. The normalized spacial score (nSPS) is 11.3. The Labute approximate surface area is 161 Å². The van der Waals surface area contributed by atoms with Crippen molar-refractivity contribution in [1.29, 1.82) is 0 Å². The highest BCUT2D eigenvalue weighted by Crippen LogP contribution is 2.29. The highest BCUT2D eigenvalue weighted by Gasteiger charge is 2.29. The summed E-state index contributed by atoms with van der Waals surface area (Å²) in [5.74, 6) is -2.10. The van der Waals surface area contributed by atoms with Gasteiger partial charge in [0.25, 0.3) is 0 Å². The topological polar surface area (TPSA) is 112 Å². The number of alkyl halides is 3. The van der Waals surface area contributed by atoms with Crippen molar-refractivity contribution in [2.45, 2.75) is 12.7 Å². The molecule has 0 aliphatic heterocycles. The van der Waals surface area contributed by atoms with Crippen LogP contribution in [0.3, 0.4) is 0 Å². The maximum Gasteiger partial charge on any atom is 0.416 e. The Hall–Kier alpha value is -3.89. The molecule has 2 aromatic carbocycles. The van der Waals surface area contributed by atoms with Crippen LogP contribution < -0.4 is 16.7 Å². The smallest absolute Gasteiger partial charge is 0.361 e. The summed E-state index contributed by atoms with van der Waals surface area (Å²) in [7, 11) is 0. The number of carbonyl (C=O) groups excluding carboxylic acids is 2. The van der Waals surface area contributed by atoms with E-state index in [-0.39, 0.29) is 6.54 Å². The molecule has 0 bridgehead atoms. The minimum absolute atomic E-state index is 0.00325. The third-order valence-electron chi connectivity index (χ3n) is 3.97. The number of rotatable bonds is 4. The second-order valence-electron chi connectivity index (χ2n) is 6.00. The van der Waals surface area contributed by atoms with Crippen LogP contribution in [0.2, 0.25) is 0 Å². The van der Waals surface area contributed by atoms with Crippen molar-refractivity contribution in [3.8, 4) is 5.69 Å². The molecule has 150 valence electrons. The van der Waals surface area contributed by atoms with E-state index in [9.17, 15) is 27.6 Å². The van der Waals surface area contributed by atoms with E-state index in [4.69, 9.17) is 5.73 Å². The van der Waals surface area contributed by atoms with Gasteiger partial charge in [-0.2, -0.15) is 18.3 Å². The summed E-state index contributed by atoms with van der Waals surface area (Å²) < 4.78 is 40.2. The van der Waals surface area contributed by atoms with E-state index >= 15 is 0 Å². The molecule has 0 saturated heterocycles. The van der Waals surface area contributed by atoms with E-state index in [0.717, 1.165) is 16.8 Å². The van der Waals surface area contributed by atoms with Crippen LogP contribution in [-0.4, -0.2) is 26.2 Å². The van der Waals surface area contributed by atoms with Crippen LogP contribution in [0.4, 0.5) is 18.9 Å². The number of primary amides is 1. The molecule has 29 heavy (non-hydrogen) atoms. The summed E-state index contributed by atoms with van der Waals surface area (Å²) in [6, 6.07) is 10.4. The molecule has 3 rings (SSSR count). The fraction of sp³-hybridized carbons (Fsp3) is 0.111. The van der Waals surface area contributed by atoms with Gasteiger partial charge in [0.2, 0.25) is 0 Å². The molecule has 1 heterocycles. The van der Waals surface area contributed by atoms with Crippen LogP contribution in [0, 0.1) is 0 Å². The van der Waals surface area contributed by atoms with Crippen molar-refractivity contribution in [3.63, 3.8) is 0 Å². The van der Waals surface area contributed by atoms with Crippen molar-refractivity contribution < 1.29 is 22.8 Å². The van der Waals surface area contributed by atoms with Gasteiger partial charge in [0.1, 0.15) is 6.33 Å². The van der Waals surface area contributed by atoms with E-state index in [1.165, 1.54) is 47.3 Å². The van der Waals surface area contributed by atoms with E-state index in [2.05, 4.69) is 10.4 Å². The maximum atomic E-state index is 12.6. The number of benzene rings is 2. The van der Waals surface area contributed by atoms with Crippen molar-refractivity contribution in [2.24, 2.45) is 5.73 Å². The molecule has 0 radical (unpaired) electrons. The van der Waals surface area contributed by atoms with Crippen LogP contribution in [0.5, 0.6) is 0 Å². The molecule has 1 aromatic heterocycles. The van der Waals surface area contributed by atoms with E-state index in [0.29, 0.717) is 16.9 Å². The number of halogens is 3. The highest BCUT2D eigenvalue weighted by molar-refractivity contribution is 6.39. The number of anilines is 1. The molecular formula is C18H14F3N5O3. The van der Waals surface area contributed by atoms with Gasteiger partial charge in [0.05, 0.1) is 17.8 Å². The SMILES string of the molecule is NC(=O)C(=O)Nc1ccc(-n2cnn(Cc3ccc(C(F)(F)F)cc3)c2=O)cc1. The Morgan fingerprint density at radius 2 is 1.66 bits per heavy atom. The van der Waals surface area contributed by atoms with E-state index in [1.54, 1.807) is 0 Å². The summed E-state index contributed by atoms with van der Waals surface area (Å²) in [4.78, 5) is 34.5. The van der Waals surface area contributed by atoms with E-state index in [1.807, 2.05) is 0 Å². The van der Waals surface area contributed by atoms with Gasteiger partial charge in [-0.15, -0.1) is 0 Å². The van der Waals surface area contributed by atoms with Gasteiger partial charge in [0, 0.05) is 5.69 Å². The van der Waals surface area contributed by atoms with Gasteiger partial charge >= 0.3 is 23.7 Å². The lowest BCUT2D eigenvalue weighted by atomic mass is 10.1. The number of amides is 2. The lowest BCUT2D eigenvalue weighted by Crippen LogP contribution is -2.29. The molecule has 0 aliphatic carbocycles. The Morgan fingerprint density at radius 3 is 2.21 bits per heavy atom. The first-order valence-corrected chi connectivity index (χ1v) is 8.17. The zero-order chi connectivity index (χ0) is 21.2. The van der Waals surface area contributed by atoms with Crippen LogP contribution in [0.1, 0.15) is 11.1 Å². The summed E-state index contributed by atoms with van der Waals surface area (Å²) in [5, 5.41) is 6.25. The van der Waals surface area contributed by atoms with Gasteiger partial charge in [-0.05, 0) is 42.0 Å². The molecule has 0 unspecified atom stereocenters. The quantitative estimate of drug-likeness (QED) is 0.641. The Morgan fingerprint density at radius 1 is 1.03 bits per heavy atom. The maximum absolute atomic E-state index is 12.6. The number of nitrogens with two attached hydrogens (primary N) is 1. The lowest BCUT2D eigenvalue weighted by Gasteiger charge is -2.07. The van der Waals surface area contributed by atoms with Crippen molar-refractivity contribution >= 4 is 17.5 Å². The summed E-state index contributed by atoms with van der Waals surface area (Å²) in [5.41, 5.74) is 4.81. The van der Waals surface area contributed by atoms with Crippen LogP contribution >= 0.6 is 0 Å². The number of carbonyl (C=O) groups is 2. The van der Waals surface area contributed by atoms with Gasteiger partial charge < -0.3 is 11.1 Å². The molecule has 3 N–H and O–H groups in total. The second-order valence-corrected chi connectivity index (χ2v) is 6.00. The first-order chi connectivity index (χ1) is 13.6. The molecule has 8 nitrogen and oxygen atoms in total. The third-order valence-corrected chi connectivity index (χ3v) is 3.97. The van der Waals surface area contributed by atoms with Gasteiger partial charge in [-0.1, -0.05) is 12.1 Å². The van der Waals surface area contributed by atoms with Crippen molar-refractivity contribution in [1.82, 2.24) is 14.3 Å². The van der Waals surface area contributed by atoms with Gasteiger partial charge in [-0.3, -0.25) is 9.59 Å². The summed E-state index contributed by atoms with van der Waals surface area (Å²) >= 11 is 0. The molecule has 0 aliphatic rings. The monoisotopic (exact) mass is 405 g/mol. The standard InChI is InChI=1S/C18H14F3N5O3/c19-18(20,21)12-3-1-11(2-4-12)9-26-17(29)25(10-23-26)14-7-5-13(6-8-14)24-16(28)15(22)27/h1-8,10H,9H2,(H2,22,27)(H,24,28). The first-order valence-electron chi connectivity index (χ1n) is 8.17. The summed E-state index contributed by atoms with van der Waals surface area (Å²) in [6.45, 7) is -0.00325.